The third-order valence-electron chi connectivity index (χ3n) is 2.13. The molecular formula is C10H12N2O. The molecule has 0 amide bonds. The lowest BCUT2D eigenvalue weighted by atomic mass is 10.1. The van der Waals surface area contributed by atoms with Crippen LogP contribution in [-0.2, 0) is 6.42 Å². The van der Waals surface area contributed by atoms with E-state index in [1.165, 1.54) is 5.56 Å². The second-order valence-electron chi connectivity index (χ2n) is 2.95. The number of aromatic nitrogens is 2. The van der Waals surface area contributed by atoms with Gasteiger partial charge in [-0.2, -0.15) is 4.98 Å². The molecule has 0 aliphatic rings. The van der Waals surface area contributed by atoms with Gasteiger partial charge >= 0.3 is 0 Å². The first kappa shape index (κ1) is 8.10. The van der Waals surface area contributed by atoms with Gasteiger partial charge in [-0.05, 0) is 24.1 Å². The molecule has 1 N–H and O–H groups in total. The van der Waals surface area contributed by atoms with Crippen molar-refractivity contribution in [3.05, 3.63) is 23.8 Å². The molecule has 0 aliphatic heterocycles. The number of ether oxygens (including phenoxy) is 1. The van der Waals surface area contributed by atoms with Crippen molar-refractivity contribution in [2.24, 2.45) is 0 Å². The standard InChI is InChI=1S/C10H12N2O/c1-3-7-4-5-8-9(6-7)12-10(11-8)13-2/h4-6H,3H2,1-2H3,(H,11,12). The van der Waals surface area contributed by atoms with E-state index in [1.807, 2.05) is 6.07 Å². The van der Waals surface area contributed by atoms with Gasteiger partial charge in [-0.1, -0.05) is 13.0 Å². The number of hydrogen-bond acceptors (Lipinski definition) is 2. The molecule has 3 heteroatoms. The van der Waals surface area contributed by atoms with Gasteiger partial charge in [0.25, 0.3) is 6.01 Å². The molecule has 2 aromatic rings. The molecule has 0 saturated heterocycles. The van der Waals surface area contributed by atoms with Gasteiger partial charge in [0.05, 0.1) is 18.1 Å². The fourth-order valence-corrected chi connectivity index (χ4v) is 1.35. The number of benzene rings is 1. The summed E-state index contributed by atoms with van der Waals surface area (Å²) >= 11 is 0. The van der Waals surface area contributed by atoms with Crippen molar-refractivity contribution in [3.63, 3.8) is 0 Å². The van der Waals surface area contributed by atoms with Crippen molar-refractivity contribution in [1.82, 2.24) is 9.97 Å². The molecule has 1 heterocycles. The normalized spacial score (nSPS) is 10.6. The van der Waals surface area contributed by atoms with E-state index < -0.39 is 0 Å². The third-order valence-corrected chi connectivity index (χ3v) is 2.13. The number of imidazole rings is 1. The van der Waals surface area contributed by atoms with E-state index in [0.717, 1.165) is 17.5 Å². The average Bonchev–Trinajstić information content (AvgIpc) is 2.58. The summed E-state index contributed by atoms with van der Waals surface area (Å²) in [5.41, 5.74) is 3.30. The highest BCUT2D eigenvalue weighted by molar-refractivity contribution is 5.76. The molecule has 0 atom stereocenters. The molecule has 0 spiro atoms. The molecule has 13 heavy (non-hydrogen) atoms. The maximum atomic E-state index is 5.01. The largest absolute Gasteiger partial charge is 0.468 e. The highest BCUT2D eigenvalue weighted by Gasteiger charge is 2.01. The number of nitrogens with one attached hydrogen (secondary N) is 1. The molecule has 68 valence electrons. The number of H-pyrrole nitrogens is 1. The predicted octanol–water partition coefficient (Wildman–Crippen LogP) is 2.13. The zero-order valence-corrected chi connectivity index (χ0v) is 7.79. The minimum absolute atomic E-state index is 0.572. The minimum atomic E-state index is 0.572. The zero-order valence-electron chi connectivity index (χ0n) is 7.79. The topological polar surface area (TPSA) is 37.9 Å². The lowest BCUT2D eigenvalue weighted by Crippen LogP contribution is -1.82. The van der Waals surface area contributed by atoms with Crippen LogP contribution in [0.25, 0.3) is 11.0 Å². The number of rotatable bonds is 2. The van der Waals surface area contributed by atoms with Crippen molar-refractivity contribution in [3.8, 4) is 6.01 Å². The molecule has 0 radical (unpaired) electrons. The van der Waals surface area contributed by atoms with Gasteiger partial charge in [-0.3, -0.25) is 0 Å². The van der Waals surface area contributed by atoms with Crippen molar-refractivity contribution < 1.29 is 4.74 Å². The first-order valence-corrected chi connectivity index (χ1v) is 4.36. The van der Waals surface area contributed by atoms with E-state index in [0.29, 0.717) is 6.01 Å². The molecule has 1 aromatic carbocycles. The summed E-state index contributed by atoms with van der Waals surface area (Å²) in [6.45, 7) is 2.13. The summed E-state index contributed by atoms with van der Waals surface area (Å²) in [4.78, 5) is 7.32. The van der Waals surface area contributed by atoms with Gasteiger partial charge in [-0.15, -0.1) is 0 Å². The monoisotopic (exact) mass is 176 g/mol. The Morgan fingerprint density at radius 1 is 1.46 bits per heavy atom. The Bertz CT molecular complexity index is 418. The van der Waals surface area contributed by atoms with Crippen LogP contribution in [0.15, 0.2) is 18.2 Å². The van der Waals surface area contributed by atoms with E-state index >= 15 is 0 Å². The molecule has 0 aliphatic carbocycles. The zero-order chi connectivity index (χ0) is 9.26. The maximum absolute atomic E-state index is 5.01. The smallest absolute Gasteiger partial charge is 0.294 e. The van der Waals surface area contributed by atoms with E-state index in [1.54, 1.807) is 7.11 Å². The Morgan fingerprint density at radius 3 is 3.00 bits per heavy atom. The van der Waals surface area contributed by atoms with Gasteiger partial charge in [-0.25, -0.2) is 0 Å². The highest BCUT2D eigenvalue weighted by atomic mass is 16.5. The van der Waals surface area contributed by atoms with Gasteiger partial charge in [0.15, 0.2) is 0 Å². The first-order valence-electron chi connectivity index (χ1n) is 4.36. The summed E-state index contributed by atoms with van der Waals surface area (Å²) in [6, 6.07) is 6.77. The van der Waals surface area contributed by atoms with Crippen LogP contribution < -0.4 is 4.74 Å². The number of nitrogens with zero attached hydrogens (tertiary/aromatic N) is 1. The number of methoxy groups -OCH3 is 1. The van der Waals surface area contributed by atoms with Crippen molar-refractivity contribution in [2.75, 3.05) is 7.11 Å². The van der Waals surface area contributed by atoms with E-state index in [2.05, 4.69) is 29.0 Å². The van der Waals surface area contributed by atoms with Crippen LogP contribution in [0.1, 0.15) is 12.5 Å². The third kappa shape index (κ3) is 1.37. The number of fused-ring (bicyclic) bond motifs is 1. The number of hydrogen-bond donors (Lipinski definition) is 1. The Hall–Kier alpha value is -1.51. The fourth-order valence-electron chi connectivity index (χ4n) is 1.35. The van der Waals surface area contributed by atoms with Crippen molar-refractivity contribution in [2.45, 2.75) is 13.3 Å². The molecule has 0 fully saturated rings. The minimum Gasteiger partial charge on any atom is -0.468 e. The first-order chi connectivity index (χ1) is 6.33. The molecule has 1 aromatic heterocycles. The lowest BCUT2D eigenvalue weighted by Gasteiger charge is -1.93. The van der Waals surface area contributed by atoms with Gasteiger partial charge in [0.2, 0.25) is 0 Å². The fraction of sp³-hybridized carbons (Fsp3) is 0.300. The SMILES string of the molecule is CCc1ccc2nc(OC)[nH]c2c1. The summed E-state index contributed by atoms with van der Waals surface area (Å²) in [7, 11) is 1.61. The van der Waals surface area contributed by atoms with Crippen LogP contribution in [0, 0.1) is 0 Å². The number of aryl methyl sites for hydroxylation is 1. The van der Waals surface area contributed by atoms with Crippen LogP contribution in [0.4, 0.5) is 0 Å². The predicted molar refractivity (Wildman–Crippen MR) is 52.0 cm³/mol. The molecule has 0 unspecified atom stereocenters. The molecule has 2 rings (SSSR count). The second kappa shape index (κ2) is 3.09. The lowest BCUT2D eigenvalue weighted by molar-refractivity contribution is 0.386. The van der Waals surface area contributed by atoms with Crippen LogP contribution in [0.5, 0.6) is 6.01 Å². The summed E-state index contributed by atoms with van der Waals surface area (Å²) in [5.74, 6) is 0. The summed E-state index contributed by atoms with van der Waals surface area (Å²) < 4.78 is 5.01. The van der Waals surface area contributed by atoms with Crippen molar-refractivity contribution in [1.29, 1.82) is 0 Å². The Balaban J connectivity index is 2.57. The maximum Gasteiger partial charge on any atom is 0.294 e. The summed E-state index contributed by atoms with van der Waals surface area (Å²) in [6.07, 6.45) is 1.04. The van der Waals surface area contributed by atoms with Crippen molar-refractivity contribution >= 4 is 11.0 Å². The Labute approximate surface area is 76.8 Å². The van der Waals surface area contributed by atoms with E-state index in [9.17, 15) is 0 Å². The van der Waals surface area contributed by atoms with Gasteiger partial charge < -0.3 is 9.72 Å². The van der Waals surface area contributed by atoms with E-state index in [-0.39, 0.29) is 0 Å². The van der Waals surface area contributed by atoms with Crippen LogP contribution in [0.3, 0.4) is 0 Å². The summed E-state index contributed by atoms with van der Waals surface area (Å²) in [5, 5.41) is 0. The Kier molecular flexibility index (Phi) is 1.93. The average molecular weight is 176 g/mol. The van der Waals surface area contributed by atoms with Crippen LogP contribution in [-0.4, -0.2) is 17.1 Å². The Morgan fingerprint density at radius 2 is 2.31 bits per heavy atom. The molecular weight excluding hydrogens is 164 g/mol. The van der Waals surface area contributed by atoms with Crippen LogP contribution >= 0.6 is 0 Å². The van der Waals surface area contributed by atoms with E-state index in [4.69, 9.17) is 4.74 Å². The molecule has 0 bridgehead atoms. The molecule has 3 nitrogen and oxygen atoms in total. The second-order valence-corrected chi connectivity index (χ2v) is 2.95. The molecule has 0 saturated carbocycles. The number of aromatic amines is 1. The van der Waals surface area contributed by atoms with Gasteiger partial charge in [0, 0.05) is 0 Å². The van der Waals surface area contributed by atoms with Gasteiger partial charge in [0.1, 0.15) is 0 Å². The highest BCUT2D eigenvalue weighted by Crippen LogP contribution is 2.17. The quantitative estimate of drug-likeness (QED) is 0.761. The van der Waals surface area contributed by atoms with Crippen LogP contribution in [0.2, 0.25) is 0 Å².